The number of rotatable bonds is 6. The van der Waals surface area contributed by atoms with Gasteiger partial charge in [-0.2, -0.15) is 11.8 Å². The molecule has 2 saturated heterocycles. The molecule has 0 aromatic heterocycles. The van der Waals surface area contributed by atoms with E-state index in [0.29, 0.717) is 11.9 Å². The van der Waals surface area contributed by atoms with Crippen LogP contribution in [0.5, 0.6) is 0 Å². The molecule has 2 aliphatic heterocycles. The summed E-state index contributed by atoms with van der Waals surface area (Å²) in [5, 5.41) is 3.72. The number of piperidine rings is 1. The molecule has 1 unspecified atom stereocenters. The van der Waals surface area contributed by atoms with Gasteiger partial charge in [-0.3, -0.25) is 9.69 Å². The van der Waals surface area contributed by atoms with E-state index in [0.717, 1.165) is 62.0 Å². The maximum Gasteiger partial charge on any atom is 0.244 e. The Labute approximate surface area is 186 Å². The highest BCUT2D eigenvalue weighted by Crippen LogP contribution is 2.29. The van der Waals surface area contributed by atoms with Crippen LogP contribution in [0.15, 0.2) is 30.3 Å². The van der Waals surface area contributed by atoms with Crippen molar-refractivity contribution in [1.82, 2.24) is 15.1 Å². The van der Waals surface area contributed by atoms with Crippen molar-refractivity contribution in [3.05, 3.63) is 35.9 Å². The lowest BCUT2D eigenvalue weighted by molar-refractivity contribution is -0.138. The number of thioether (sulfide) groups is 1. The molecular formula is C21H33Cl2N3OS. The van der Waals surface area contributed by atoms with Gasteiger partial charge in [-0.1, -0.05) is 30.3 Å². The van der Waals surface area contributed by atoms with Crippen molar-refractivity contribution in [3.63, 3.8) is 0 Å². The highest BCUT2D eigenvalue weighted by atomic mass is 35.5. The van der Waals surface area contributed by atoms with Gasteiger partial charge in [0, 0.05) is 43.7 Å². The van der Waals surface area contributed by atoms with Gasteiger partial charge in [-0.05, 0) is 43.7 Å². The maximum absolute atomic E-state index is 13.4. The van der Waals surface area contributed by atoms with Gasteiger partial charge in [0.2, 0.25) is 5.91 Å². The van der Waals surface area contributed by atoms with Crippen molar-refractivity contribution >= 4 is 42.5 Å². The second kappa shape index (κ2) is 11.7. The van der Waals surface area contributed by atoms with Gasteiger partial charge in [0.25, 0.3) is 0 Å². The fourth-order valence-electron chi connectivity index (χ4n) is 4.11. The number of benzene rings is 1. The van der Waals surface area contributed by atoms with E-state index in [4.69, 9.17) is 0 Å². The number of hydrogen-bond acceptors (Lipinski definition) is 4. The van der Waals surface area contributed by atoms with Crippen molar-refractivity contribution < 1.29 is 4.79 Å². The Morgan fingerprint density at radius 1 is 1.00 bits per heavy atom. The summed E-state index contributed by atoms with van der Waals surface area (Å²) in [4.78, 5) is 18.0. The minimum absolute atomic E-state index is 0. The third-order valence-electron chi connectivity index (χ3n) is 5.96. The minimum Gasteiger partial charge on any atom is -0.341 e. The molecule has 3 aliphatic rings. The van der Waals surface area contributed by atoms with Gasteiger partial charge < -0.3 is 10.2 Å². The normalized spacial score (nSPS) is 22.1. The summed E-state index contributed by atoms with van der Waals surface area (Å²) in [6.45, 7) is 4.99. The third-order valence-corrected chi connectivity index (χ3v) is 6.90. The third kappa shape index (κ3) is 6.27. The van der Waals surface area contributed by atoms with Gasteiger partial charge in [0.15, 0.2) is 0 Å². The van der Waals surface area contributed by atoms with E-state index in [-0.39, 0.29) is 30.9 Å². The molecule has 1 aromatic carbocycles. The van der Waals surface area contributed by atoms with Gasteiger partial charge in [0.05, 0.1) is 0 Å². The summed E-state index contributed by atoms with van der Waals surface area (Å²) >= 11 is 2.00. The molecule has 1 aliphatic carbocycles. The standard InChI is InChI=1S/C21H31N3OS.2ClH/c25-21(24-10-8-19(9-11-24)22-16-17-6-7-17)20(18-4-2-1-3-5-18)23-12-14-26-15-13-23;;/h1-5,17,19-20,22H,6-16H2;2*1H. The quantitative estimate of drug-likeness (QED) is 0.724. The van der Waals surface area contributed by atoms with E-state index in [2.05, 4.69) is 39.4 Å². The van der Waals surface area contributed by atoms with Crippen LogP contribution in [-0.4, -0.2) is 66.0 Å². The van der Waals surface area contributed by atoms with E-state index >= 15 is 0 Å². The molecule has 1 amide bonds. The molecule has 7 heteroatoms. The summed E-state index contributed by atoms with van der Waals surface area (Å²) in [5.41, 5.74) is 1.15. The van der Waals surface area contributed by atoms with Gasteiger partial charge in [-0.15, -0.1) is 24.8 Å². The Morgan fingerprint density at radius 2 is 1.64 bits per heavy atom. The van der Waals surface area contributed by atoms with Crippen molar-refractivity contribution in [2.45, 2.75) is 37.8 Å². The van der Waals surface area contributed by atoms with Gasteiger partial charge >= 0.3 is 0 Å². The average molecular weight is 446 g/mol. The molecule has 1 N–H and O–H groups in total. The highest BCUT2D eigenvalue weighted by Gasteiger charge is 2.34. The second-order valence-electron chi connectivity index (χ2n) is 7.91. The molecule has 4 rings (SSSR count). The molecular weight excluding hydrogens is 413 g/mol. The first-order valence-corrected chi connectivity index (χ1v) is 11.4. The molecule has 28 heavy (non-hydrogen) atoms. The lowest BCUT2D eigenvalue weighted by Gasteiger charge is -2.39. The minimum atomic E-state index is -0.104. The molecule has 1 aromatic rings. The van der Waals surface area contributed by atoms with Crippen molar-refractivity contribution in [2.75, 3.05) is 44.2 Å². The summed E-state index contributed by atoms with van der Waals surface area (Å²) in [7, 11) is 0. The molecule has 0 bridgehead atoms. The van der Waals surface area contributed by atoms with Crippen molar-refractivity contribution in [2.24, 2.45) is 5.92 Å². The molecule has 4 nitrogen and oxygen atoms in total. The number of hydrogen-bond donors (Lipinski definition) is 1. The monoisotopic (exact) mass is 445 g/mol. The molecule has 1 saturated carbocycles. The van der Waals surface area contributed by atoms with Crippen LogP contribution in [-0.2, 0) is 4.79 Å². The Bertz CT molecular complexity index is 589. The van der Waals surface area contributed by atoms with Crippen LogP contribution in [0.4, 0.5) is 0 Å². The molecule has 0 spiro atoms. The van der Waals surface area contributed by atoms with Crippen LogP contribution in [0.1, 0.15) is 37.3 Å². The second-order valence-corrected chi connectivity index (χ2v) is 9.14. The lowest BCUT2D eigenvalue weighted by Crippen LogP contribution is -2.50. The summed E-state index contributed by atoms with van der Waals surface area (Å²) < 4.78 is 0. The van der Waals surface area contributed by atoms with E-state index in [1.54, 1.807) is 0 Å². The number of nitrogens with zero attached hydrogens (tertiary/aromatic N) is 2. The Kier molecular flexibility index (Phi) is 9.91. The first kappa shape index (κ1) is 23.8. The highest BCUT2D eigenvalue weighted by molar-refractivity contribution is 7.99. The molecule has 3 fully saturated rings. The maximum atomic E-state index is 13.4. The van der Waals surface area contributed by atoms with Crippen molar-refractivity contribution in [1.29, 1.82) is 0 Å². The van der Waals surface area contributed by atoms with E-state index in [9.17, 15) is 4.79 Å². The van der Waals surface area contributed by atoms with Gasteiger partial charge in [0.1, 0.15) is 6.04 Å². The van der Waals surface area contributed by atoms with Crippen molar-refractivity contribution in [3.8, 4) is 0 Å². The summed E-state index contributed by atoms with van der Waals surface area (Å²) in [5.74, 6) is 3.49. The molecule has 158 valence electrons. The fraction of sp³-hybridized carbons (Fsp3) is 0.667. The Hall–Kier alpha value is -0.460. The summed E-state index contributed by atoms with van der Waals surface area (Å²) in [6, 6.07) is 10.9. The zero-order chi connectivity index (χ0) is 17.8. The topological polar surface area (TPSA) is 35.6 Å². The Morgan fingerprint density at radius 3 is 2.25 bits per heavy atom. The van der Waals surface area contributed by atoms with Crippen LogP contribution in [0.3, 0.4) is 0 Å². The van der Waals surface area contributed by atoms with Crippen LogP contribution in [0.25, 0.3) is 0 Å². The largest absolute Gasteiger partial charge is 0.341 e. The first-order chi connectivity index (χ1) is 12.8. The fourth-order valence-corrected chi connectivity index (χ4v) is 5.04. The predicted molar refractivity (Wildman–Crippen MR) is 123 cm³/mol. The zero-order valence-corrected chi connectivity index (χ0v) is 18.9. The number of carbonyl (C=O) groups is 1. The van der Waals surface area contributed by atoms with E-state index < -0.39 is 0 Å². The van der Waals surface area contributed by atoms with Gasteiger partial charge in [-0.25, -0.2) is 0 Å². The SMILES string of the molecule is Cl.Cl.O=C(C(c1ccccc1)N1CCSCC1)N1CCC(NCC2CC2)CC1. The molecule has 2 heterocycles. The number of likely N-dealkylation sites (tertiary alicyclic amines) is 1. The smallest absolute Gasteiger partial charge is 0.244 e. The van der Waals surface area contributed by atoms with Crippen LogP contribution in [0, 0.1) is 5.92 Å². The molecule has 0 radical (unpaired) electrons. The van der Waals surface area contributed by atoms with Crippen LogP contribution >= 0.6 is 36.6 Å². The molecule has 1 atom stereocenters. The number of halogens is 2. The van der Waals surface area contributed by atoms with Crippen LogP contribution in [0.2, 0.25) is 0 Å². The van der Waals surface area contributed by atoms with E-state index in [1.165, 1.54) is 19.4 Å². The number of amides is 1. The number of nitrogens with one attached hydrogen (secondary N) is 1. The zero-order valence-electron chi connectivity index (χ0n) is 16.4. The van der Waals surface area contributed by atoms with E-state index in [1.807, 2.05) is 17.8 Å². The van der Waals surface area contributed by atoms with Crippen LogP contribution < -0.4 is 5.32 Å². The average Bonchev–Trinajstić information content (AvgIpc) is 3.53. The number of carbonyl (C=O) groups excluding carboxylic acids is 1. The lowest BCUT2D eigenvalue weighted by atomic mass is 10.00. The first-order valence-electron chi connectivity index (χ1n) is 10.2. The summed E-state index contributed by atoms with van der Waals surface area (Å²) in [6.07, 6.45) is 4.99. The Balaban J connectivity index is 0.00000140. The predicted octanol–water partition coefficient (Wildman–Crippen LogP) is 3.61.